The van der Waals surface area contributed by atoms with E-state index in [1.807, 2.05) is 0 Å². The quantitative estimate of drug-likeness (QED) is 0.614. The molecule has 5 rings (SSSR count). The molecule has 0 amide bonds. The van der Waals surface area contributed by atoms with E-state index in [0.29, 0.717) is 33.7 Å². The standard InChI is InChI=1S/C20H22Cl2N6O/c1-27-18(29)13-15(12-4-9-23-16(22)14(12)21)25-26-17(13)24-19(27)28-10-7-20(8-11-28)5-2-3-6-20/h4,9H,2-3,5-8,10-11H2,1H3,(H,25,26). The summed E-state index contributed by atoms with van der Waals surface area (Å²) < 4.78 is 1.62. The van der Waals surface area contributed by atoms with E-state index in [1.54, 1.807) is 23.9 Å². The van der Waals surface area contributed by atoms with Gasteiger partial charge < -0.3 is 4.90 Å². The van der Waals surface area contributed by atoms with Gasteiger partial charge in [0.25, 0.3) is 5.56 Å². The molecule has 1 aliphatic carbocycles. The number of piperidine rings is 1. The Kier molecular flexibility index (Phi) is 4.55. The van der Waals surface area contributed by atoms with Crippen LogP contribution in [0.15, 0.2) is 17.1 Å². The molecule has 7 nitrogen and oxygen atoms in total. The summed E-state index contributed by atoms with van der Waals surface area (Å²) in [4.78, 5) is 24.2. The van der Waals surface area contributed by atoms with Gasteiger partial charge in [-0.15, -0.1) is 0 Å². The first-order valence-electron chi connectivity index (χ1n) is 10.00. The van der Waals surface area contributed by atoms with Gasteiger partial charge in [0.05, 0.1) is 5.02 Å². The zero-order chi connectivity index (χ0) is 20.2. The molecule has 1 saturated carbocycles. The highest BCUT2D eigenvalue weighted by molar-refractivity contribution is 6.43. The van der Waals surface area contributed by atoms with Crippen LogP contribution in [0.3, 0.4) is 0 Å². The minimum absolute atomic E-state index is 0.154. The zero-order valence-electron chi connectivity index (χ0n) is 16.2. The van der Waals surface area contributed by atoms with Crippen LogP contribution in [-0.2, 0) is 7.05 Å². The van der Waals surface area contributed by atoms with Crippen molar-refractivity contribution in [2.45, 2.75) is 38.5 Å². The summed E-state index contributed by atoms with van der Waals surface area (Å²) in [5, 5.41) is 8.08. The molecule has 0 atom stereocenters. The van der Waals surface area contributed by atoms with Crippen LogP contribution < -0.4 is 10.5 Å². The maximum absolute atomic E-state index is 13.2. The second-order valence-electron chi connectivity index (χ2n) is 8.23. The van der Waals surface area contributed by atoms with Crippen LogP contribution in [0.2, 0.25) is 10.2 Å². The lowest BCUT2D eigenvalue weighted by Gasteiger charge is -2.40. The average molecular weight is 433 g/mol. The molecule has 152 valence electrons. The Morgan fingerprint density at radius 2 is 1.86 bits per heavy atom. The molecule has 3 aromatic heterocycles. The van der Waals surface area contributed by atoms with Crippen molar-refractivity contribution in [2.75, 3.05) is 18.0 Å². The minimum Gasteiger partial charge on any atom is -0.342 e. The molecule has 2 aliphatic rings. The summed E-state index contributed by atoms with van der Waals surface area (Å²) in [6.45, 7) is 1.86. The van der Waals surface area contributed by atoms with Crippen LogP contribution in [0.4, 0.5) is 5.95 Å². The number of halogens is 2. The number of nitrogens with zero attached hydrogens (tertiary/aromatic N) is 5. The zero-order valence-corrected chi connectivity index (χ0v) is 17.7. The fourth-order valence-electron chi connectivity index (χ4n) is 4.93. The normalized spacial score (nSPS) is 18.8. The van der Waals surface area contributed by atoms with Gasteiger partial charge in [-0.05, 0) is 37.2 Å². The lowest BCUT2D eigenvalue weighted by Crippen LogP contribution is -2.41. The summed E-state index contributed by atoms with van der Waals surface area (Å²) in [6, 6.07) is 1.70. The molecule has 0 radical (unpaired) electrons. The van der Waals surface area contributed by atoms with Gasteiger partial charge in [-0.3, -0.25) is 14.5 Å². The fourth-order valence-corrected chi connectivity index (χ4v) is 5.29. The van der Waals surface area contributed by atoms with Crippen molar-refractivity contribution in [3.63, 3.8) is 0 Å². The molecule has 1 aliphatic heterocycles. The molecular weight excluding hydrogens is 411 g/mol. The predicted octanol–water partition coefficient (Wildman–Crippen LogP) is 4.19. The first kappa shape index (κ1) is 18.9. The van der Waals surface area contributed by atoms with Gasteiger partial charge in [-0.1, -0.05) is 36.0 Å². The van der Waals surface area contributed by atoms with E-state index in [1.165, 1.54) is 38.5 Å². The predicted molar refractivity (Wildman–Crippen MR) is 115 cm³/mol. The van der Waals surface area contributed by atoms with E-state index in [4.69, 9.17) is 28.2 Å². The number of anilines is 1. The number of fused-ring (bicyclic) bond motifs is 1. The number of nitrogens with one attached hydrogen (secondary N) is 1. The van der Waals surface area contributed by atoms with E-state index in [2.05, 4.69) is 20.1 Å². The number of rotatable bonds is 2. The molecule has 29 heavy (non-hydrogen) atoms. The van der Waals surface area contributed by atoms with Crippen LogP contribution in [-0.4, -0.2) is 37.8 Å². The molecule has 4 heterocycles. The largest absolute Gasteiger partial charge is 0.342 e. The maximum Gasteiger partial charge on any atom is 0.266 e. The molecule has 1 N–H and O–H groups in total. The highest BCUT2D eigenvalue weighted by Gasteiger charge is 2.37. The van der Waals surface area contributed by atoms with E-state index < -0.39 is 0 Å². The van der Waals surface area contributed by atoms with Crippen molar-refractivity contribution in [1.29, 1.82) is 0 Å². The van der Waals surface area contributed by atoms with Crippen molar-refractivity contribution >= 4 is 40.2 Å². The van der Waals surface area contributed by atoms with Crippen LogP contribution in [0.5, 0.6) is 0 Å². The van der Waals surface area contributed by atoms with E-state index in [9.17, 15) is 4.79 Å². The van der Waals surface area contributed by atoms with Gasteiger partial charge in [0.1, 0.15) is 16.2 Å². The Morgan fingerprint density at radius 3 is 2.59 bits per heavy atom. The van der Waals surface area contributed by atoms with E-state index >= 15 is 0 Å². The summed E-state index contributed by atoms with van der Waals surface area (Å²) in [7, 11) is 1.77. The van der Waals surface area contributed by atoms with Gasteiger partial charge in [-0.2, -0.15) is 10.1 Å². The lowest BCUT2D eigenvalue weighted by atomic mass is 9.77. The monoisotopic (exact) mass is 432 g/mol. The average Bonchev–Trinajstić information content (AvgIpc) is 3.35. The number of hydrogen-bond donors (Lipinski definition) is 1. The minimum atomic E-state index is -0.154. The molecule has 9 heteroatoms. The first-order chi connectivity index (χ1) is 14.0. The Labute approximate surface area is 178 Å². The smallest absolute Gasteiger partial charge is 0.266 e. The Balaban J connectivity index is 1.54. The summed E-state index contributed by atoms with van der Waals surface area (Å²) in [6.07, 6.45) is 9.25. The van der Waals surface area contributed by atoms with Crippen LogP contribution in [0.25, 0.3) is 22.3 Å². The van der Waals surface area contributed by atoms with Crippen molar-refractivity contribution in [3.8, 4) is 11.3 Å². The number of aromatic nitrogens is 5. The maximum atomic E-state index is 13.2. The van der Waals surface area contributed by atoms with Crippen molar-refractivity contribution < 1.29 is 0 Å². The third-order valence-corrected chi connectivity index (χ3v) is 7.42. The fraction of sp³-hybridized carbons (Fsp3) is 0.500. The molecule has 3 aromatic rings. The second-order valence-corrected chi connectivity index (χ2v) is 8.97. The topological polar surface area (TPSA) is 79.7 Å². The van der Waals surface area contributed by atoms with Crippen molar-refractivity contribution in [1.82, 2.24) is 24.7 Å². The molecule has 1 saturated heterocycles. The third-order valence-electron chi connectivity index (χ3n) is 6.65. The van der Waals surface area contributed by atoms with Crippen LogP contribution >= 0.6 is 23.2 Å². The second kappa shape index (κ2) is 6.99. The molecule has 0 bridgehead atoms. The van der Waals surface area contributed by atoms with Gasteiger partial charge in [0.15, 0.2) is 5.65 Å². The van der Waals surface area contributed by atoms with Gasteiger partial charge in [-0.25, -0.2) is 4.98 Å². The molecule has 0 aromatic carbocycles. The number of pyridine rings is 1. The third kappa shape index (κ3) is 3.02. The number of hydrogen-bond acceptors (Lipinski definition) is 5. The Morgan fingerprint density at radius 1 is 1.14 bits per heavy atom. The van der Waals surface area contributed by atoms with E-state index in [-0.39, 0.29) is 15.7 Å². The van der Waals surface area contributed by atoms with Crippen LogP contribution in [0.1, 0.15) is 38.5 Å². The summed E-state index contributed by atoms with van der Waals surface area (Å²) >= 11 is 12.3. The highest BCUT2D eigenvalue weighted by atomic mass is 35.5. The van der Waals surface area contributed by atoms with Crippen LogP contribution in [0, 0.1) is 5.41 Å². The van der Waals surface area contributed by atoms with Gasteiger partial charge in [0, 0.05) is 31.9 Å². The molecule has 1 spiro atoms. The Bertz CT molecular complexity index is 1140. The van der Waals surface area contributed by atoms with Gasteiger partial charge in [0.2, 0.25) is 5.95 Å². The Hall–Kier alpha value is -2.12. The highest BCUT2D eigenvalue weighted by Crippen LogP contribution is 2.46. The summed E-state index contributed by atoms with van der Waals surface area (Å²) in [5.41, 5.74) is 1.82. The SMILES string of the molecule is Cn1c(N2CCC3(CCCC3)CC2)nc2[nH]nc(-c3ccnc(Cl)c3Cl)c2c1=O. The molecule has 0 unspecified atom stereocenters. The first-order valence-corrected chi connectivity index (χ1v) is 10.8. The molecule has 2 fully saturated rings. The van der Waals surface area contributed by atoms with Crippen molar-refractivity contribution in [3.05, 3.63) is 32.8 Å². The van der Waals surface area contributed by atoms with Crippen molar-refractivity contribution in [2.24, 2.45) is 12.5 Å². The summed E-state index contributed by atoms with van der Waals surface area (Å²) in [5.74, 6) is 0.685. The van der Waals surface area contributed by atoms with Gasteiger partial charge >= 0.3 is 0 Å². The number of H-pyrrole nitrogens is 1. The molecular formula is C20H22Cl2N6O. The lowest BCUT2D eigenvalue weighted by molar-refractivity contribution is 0.225. The van der Waals surface area contributed by atoms with E-state index in [0.717, 1.165) is 13.1 Å². The number of aromatic amines is 1.